The molecule has 1 unspecified atom stereocenters. The van der Waals surface area contributed by atoms with Gasteiger partial charge in [-0.3, -0.25) is 0 Å². The summed E-state index contributed by atoms with van der Waals surface area (Å²) in [5, 5.41) is -0.184. The summed E-state index contributed by atoms with van der Waals surface area (Å²) < 4.78 is 10.9. The Bertz CT molecular complexity index is 638. The highest BCUT2D eigenvalue weighted by atomic mass is 35.5. The molecule has 0 saturated carbocycles. The van der Waals surface area contributed by atoms with Crippen LogP contribution in [0, 0.1) is 6.92 Å². The molecule has 3 rings (SSSR count). The Hall–Kier alpha value is -1.74. The van der Waals surface area contributed by atoms with Crippen LogP contribution in [0.5, 0.6) is 0 Å². The topological polar surface area (TPSA) is 39.2 Å². The van der Waals surface area contributed by atoms with Gasteiger partial charge in [0.05, 0.1) is 11.6 Å². The Labute approximate surface area is 109 Å². The quantitative estimate of drug-likeness (QED) is 0.662. The van der Waals surface area contributed by atoms with E-state index in [-0.39, 0.29) is 5.38 Å². The molecule has 1 aromatic carbocycles. The first-order valence-electron chi connectivity index (χ1n) is 5.76. The van der Waals surface area contributed by atoms with Crippen molar-refractivity contribution in [3.63, 3.8) is 0 Å². The van der Waals surface area contributed by atoms with Gasteiger partial charge in [-0.15, -0.1) is 11.6 Å². The van der Waals surface area contributed by atoms with E-state index < -0.39 is 0 Å². The number of aryl methyl sites for hydroxylation is 1. The molecule has 1 atom stereocenters. The van der Waals surface area contributed by atoms with Gasteiger partial charge < -0.3 is 8.83 Å². The van der Waals surface area contributed by atoms with Crippen molar-refractivity contribution in [2.24, 2.45) is 0 Å². The molecule has 0 aliphatic carbocycles. The smallest absolute Gasteiger partial charge is 0.197 e. The molecule has 0 amide bonds. The maximum Gasteiger partial charge on any atom is 0.197 e. The first-order valence-corrected chi connectivity index (χ1v) is 6.20. The summed E-state index contributed by atoms with van der Waals surface area (Å²) in [5.74, 6) is 1.49. The van der Waals surface area contributed by atoms with Crippen LogP contribution in [0.15, 0.2) is 45.4 Å². The summed E-state index contributed by atoms with van der Waals surface area (Å²) in [5.41, 5.74) is 2.64. The number of alkyl halides is 1. The van der Waals surface area contributed by atoms with E-state index in [0.29, 0.717) is 12.3 Å². The van der Waals surface area contributed by atoms with Crippen molar-refractivity contribution in [3.05, 3.63) is 53.8 Å². The lowest BCUT2D eigenvalue weighted by Crippen LogP contribution is -1.96. The van der Waals surface area contributed by atoms with E-state index in [1.54, 1.807) is 6.26 Å². The molecule has 0 spiro atoms. The predicted molar refractivity (Wildman–Crippen MR) is 69.8 cm³/mol. The molecule has 2 heterocycles. The summed E-state index contributed by atoms with van der Waals surface area (Å²) in [6.45, 7) is 1.90. The average Bonchev–Trinajstić information content (AvgIpc) is 2.94. The fourth-order valence-corrected chi connectivity index (χ4v) is 2.35. The fourth-order valence-electron chi connectivity index (χ4n) is 1.99. The zero-order valence-electron chi connectivity index (χ0n) is 9.89. The zero-order valence-corrected chi connectivity index (χ0v) is 10.6. The summed E-state index contributed by atoms with van der Waals surface area (Å²) in [6.07, 6.45) is 2.20. The first kappa shape index (κ1) is 11.4. The molecular weight excluding hydrogens is 250 g/mol. The number of halogens is 1. The number of nitrogens with zero attached hydrogens (tertiary/aromatic N) is 1. The lowest BCUT2D eigenvalue weighted by molar-refractivity contribution is 0.514. The number of oxazole rings is 1. The van der Waals surface area contributed by atoms with Crippen molar-refractivity contribution < 1.29 is 8.83 Å². The maximum absolute atomic E-state index is 6.35. The molecule has 0 bridgehead atoms. The Morgan fingerprint density at radius 2 is 2.11 bits per heavy atom. The molecule has 2 aromatic heterocycles. The first-order chi connectivity index (χ1) is 8.74. The highest BCUT2D eigenvalue weighted by Crippen LogP contribution is 2.29. The lowest BCUT2D eigenvalue weighted by Gasteiger charge is -2.04. The molecule has 4 heteroatoms. The van der Waals surface area contributed by atoms with Gasteiger partial charge in [-0.2, -0.15) is 0 Å². The minimum absolute atomic E-state index is 0.184. The zero-order chi connectivity index (χ0) is 12.5. The van der Waals surface area contributed by atoms with Crippen LogP contribution in [-0.4, -0.2) is 4.98 Å². The van der Waals surface area contributed by atoms with E-state index in [0.717, 1.165) is 22.4 Å². The predicted octanol–water partition coefficient (Wildman–Crippen LogP) is 4.25. The van der Waals surface area contributed by atoms with Gasteiger partial charge in [0.15, 0.2) is 11.5 Å². The second-order valence-corrected chi connectivity index (χ2v) is 4.71. The third-order valence-corrected chi connectivity index (χ3v) is 3.32. The molecule has 0 aliphatic rings. The fraction of sp³-hybridized carbons (Fsp3) is 0.214. The van der Waals surface area contributed by atoms with Gasteiger partial charge in [0, 0.05) is 12.0 Å². The van der Waals surface area contributed by atoms with Crippen molar-refractivity contribution in [1.29, 1.82) is 0 Å². The Morgan fingerprint density at radius 1 is 1.28 bits per heavy atom. The highest BCUT2D eigenvalue weighted by molar-refractivity contribution is 6.21. The van der Waals surface area contributed by atoms with Gasteiger partial charge >= 0.3 is 0 Å². The summed E-state index contributed by atoms with van der Waals surface area (Å²) in [4.78, 5) is 4.41. The number of fused-ring (bicyclic) bond motifs is 1. The van der Waals surface area contributed by atoms with Crippen LogP contribution in [0.3, 0.4) is 0 Å². The van der Waals surface area contributed by atoms with E-state index in [2.05, 4.69) is 4.98 Å². The van der Waals surface area contributed by atoms with Gasteiger partial charge in [0.1, 0.15) is 11.3 Å². The maximum atomic E-state index is 6.35. The van der Waals surface area contributed by atoms with Crippen molar-refractivity contribution >= 4 is 22.7 Å². The van der Waals surface area contributed by atoms with Crippen LogP contribution in [0.25, 0.3) is 11.1 Å². The normalized spacial score (nSPS) is 13.0. The molecular formula is C14H12ClNO2. The molecule has 92 valence electrons. The van der Waals surface area contributed by atoms with Gasteiger partial charge in [-0.1, -0.05) is 12.1 Å². The summed E-state index contributed by atoms with van der Waals surface area (Å²) in [7, 11) is 0. The number of furan rings is 1. The van der Waals surface area contributed by atoms with Crippen LogP contribution in [0.1, 0.15) is 22.6 Å². The molecule has 0 saturated heterocycles. The average molecular weight is 262 g/mol. The van der Waals surface area contributed by atoms with Gasteiger partial charge in [-0.25, -0.2) is 4.98 Å². The lowest BCUT2D eigenvalue weighted by atomic mass is 10.1. The Morgan fingerprint density at radius 3 is 2.83 bits per heavy atom. The van der Waals surface area contributed by atoms with E-state index in [1.807, 2.05) is 37.3 Å². The molecule has 0 radical (unpaired) electrons. The molecule has 18 heavy (non-hydrogen) atoms. The molecule has 0 aliphatic heterocycles. The number of aromatic nitrogens is 1. The molecule has 3 nitrogen and oxygen atoms in total. The van der Waals surface area contributed by atoms with Crippen LogP contribution in [0.4, 0.5) is 0 Å². The Kier molecular flexibility index (Phi) is 2.84. The minimum Gasteiger partial charge on any atom is -0.469 e. The third-order valence-electron chi connectivity index (χ3n) is 2.93. The summed E-state index contributed by atoms with van der Waals surface area (Å²) in [6, 6.07) is 9.57. The standard InChI is InChI=1S/C14H12ClNO2/c1-9-10(6-7-17-9)11(15)8-14-16-12-4-2-3-5-13(12)18-14/h2-7,11H,8H2,1H3. The van der Waals surface area contributed by atoms with Crippen LogP contribution >= 0.6 is 11.6 Å². The van der Waals surface area contributed by atoms with Crippen LogP contribution in [-0.2, 0) is 6.42 Å². The van der Waals surface area contributed by atoms with Crippen molar-refractivity contribution in [3.8, 4) is 0 Å². The number of benzene rings is 1. The van der Waals surface area contributed by atoms with Crippen molar-refractivity contribution in [2.45, 2.75) is 18.7 Å². The van der Waals surface area contributed by atoms with Crippen LogP contribution in [0.2, 0.25) is 0 Å². The molecule has 0 N–H and O–H groups in total. The number of para-hydroxylation sites is 2. The van der Waals surface area contributed by atoms with Crippen molar-refractivity contribution in [2.75, 3.05) is 0 Å². The van der Waals surface area contributed by atoms with E-state index in [9.17, 15) is 0 Å². The summed E-state index contributed by atoms with van der Waals surface area (Å²) >= 11 is 6.35. The van der Waals surface area contributed by atoms with Crippen molar-refractivity contribution in [1.82, 2.24) is 4.98 Å². The van der Waals surface area contributed by atoms with Gasteiger partial charge in [0.25, 0.3) is 0 Å². The van der Waals surface area contributed by atoms with Crippen LogP contribution < -0.4 is 0 Å². The number of rotatable bonds is 3. The van der Waals surface area contributed by atoms with Gasteiger partial charge in [0.2, 0.25) is 0 Å². The largest absolute Gasteiger partial charge is 0.469 e. The highest BCUT2D eigenvalue weighted by Gasteiger charge is 2.16. The van der Waals surface area contributed by atoms with Gasteiger partial charge in [-0.05, 0) is 25.1 Å². The second kappa shape index (κ2) is 4.50. The van der Waals surface area contributed by atoms with E-state index in [4.69, 9.17) is 20.4 Å². The minimum atomic E-state index is -0.184. The Balaban J connectivity index is 1.86. The molecule has 3 aromatic rings. The monoisotopic (exact) mass is 261 g/mol. The second-order valence-electron chi connectivity index (χ2n) is 4.18. The SMILES string of the molecule is Cc1occc1C(Cl)Cc1nc2ccccc2o1. The third kappa shape index (κ3) is 2.02. The van der Waals surface area contributed by atoms with E-state index in [1.165, 1.54) is 0 Å². The number of hydrogen-bond acceptors (Lipinski definition) is 3. The molecule has 0 fully saturated rings. The van der Waals surface area contributed by atoms with E-state index >= 15 is 0 Å². The number of hydrogen-bond donors (Lipinski definition) is 0.